The smallest absolute Gasteiger partial charge is 0.317 e. The van der Waals surface area contributed by atoms with Crippen LogP contribution in [0, 0.1) is 0 Å². The molecule has 21 heavy (non-hydrogen) atoms. The molecule has 2 heterocycles. The van der Waals surface area contributed by atoms with Crippen LogP contribution in [0.1, 0.15) is 11.6 Å². The Morgan fingerprint density at radius 1 is 1.33 bits per heavy atom. The van der Waals surface area contributed by atoms with Crippen LogP contribution >= 0.6 is 0 Å². The average Bonchev–Trinajstić information content (AvgIpc) is 2.99. The van der Waals surface area contributed by atoms with Gasteiger partial charge in [-0.15, -0.1) is 5.10 Å². The van der Waals surface area contributed by atoms with E-state index in [-0.39, 0.29) is 0 Å². The van der Waals surface area contributed by atoms with E-state index in [0.29, 0.717) is 25.1 Å². The van der Waals surface area contributed by atoms with Crippen molar-refractivity contribution in [3.8, 4) is 0 Å². The summed E-state index contributed by atoms with van der Waals surface area (Å²) in [7, 11) is 3.60. The Morgan fingerprint density at radius 2 is 2.24 bits per heavy atom. The van der Waals surface area contributed by atoms with Crippen molar-refractivity contribution in [2.75, 3.05) is 38.8 Å². The van der Waals surface area contributed by atoms with Crippen molar-refractivity contribution in [1.29, 1.82) is 0 Å². The number of nitrogens with one attached hydrogen (secondary N) is 1. The Balaban J connectivity index is 1.77. The number of methoxy groups -OCH3 is 1. The van der Waals surface area contributed by atoms with Gasteiger partial charge in [-0.25, -0.2) is 0 Å². The lowest BCUT2D eigenvalue weighted by molar-refractivity contribution is 0.198. The zero-order chi connectivity index (χ0) is 14.9. The molecule has 0 amide bonds. The number of hydrogen-bond acceptors (Lipinski definition) is 7. The first-order valence-corrected chi connectivity index (χ1v) is 6.92. The Kier molecular flexibility index (Phi) is 6.11. The third kappa shape index (κ3) is 5.13. The van der Waals surface area contributed by atoms with Crippen molar-refractivity contribution in [3.05, 3.63) is 36.0 Å². The molecule has 1 N–H and O–H groups in total. The standard InChI is InChI=1S/C14H21N5O2/c1-19(9-6-12-5-3-4-7-16-12)14-18-17-13(21-14)11-15-8-10-20-2/h3-5,7,15H,6,8-11H2,1-2H3. The van der Waals surface area contributed by atoms with Crippen LogP contribution in [0.25, 0.3) is 0 Å². The number of likely N-dealkylation sites (N-methyl/N-ethyl adjacent to an activating group) is 1. The van der Waals surface area contributed by atoms with E-state index in [2.05, 4.69) is 20.5 Å². The molecule has 0 bridgehead atoms. The van der Waals surface area contributed by atoms with E-state index in [1.54, 1.807) is 13.3 Å². The highest BCUT2D eigenvalue weighted by atomic mass is 16.5. The number of hydrogen-bond donors (Lipinski definition) is 1. The van der Waals surface area contributed by atoms with Crippen LogP contribution in [-0.4, -0.2) is 49.0 Å². The summed E-state index contributed by atoms with van der Waals surface area (Å²) in [6.07, 6.45) is 2.63. The molecule has 0 atom stereocenters. The Hall–Kier alpha value is -1.99. The van der Waals surface area contributed by atoms with Gasteiger partial charge in [-0.2, -0.15) is 0 Å². The second-order valence-corrected chi connectivity index (χ2v) is 4.64. The zero-order valence-corrected chi connectivity index (χ0v) is 12.5. The molecule has 114 valence electrons. The predicted molar refractivity (Wildman–Crippen MR) is 79.1 cm³/mol. The molecule has 2 aromatic rings. The molecule has 0 aliphatic rings. The number of aromatic nitrogens is 3. The topological polar surface area (TPSA) is 76.3 Å². The van der Waals surface area contributed by atoms with Gasteiger partial charge in [0.25, 0.3) is 0 Å². The minimum absolute atomic E-state index is 0.523. The van der Waals surface area contributed by atoms with Gasteiger partial charge in [0, 0.05) is 45.6 Å². The van der Waals surface area contributed by atoms with Crippen molar-refractivity contribution < 1.29 is 9.15 Å². The molecule has 2 rings (SSSR count). The van der Waals surface area contributed by atoms with Crippen LogP contribution in [0.2, 0.25) is 0 Å². The molecule has 0 unspecified atom stereocenters. The SMILES string of the molecule is COCCNCc1nnc(N(C)CCc2ccccn2)o1. The van der Waals surface area contributed by atoms with Crippen LogP contribution in [0.15, 0.2) is 28.8 Å². The van der Waals surface area contributed by atoms with E-state index in [9.17, 15) is 0 Å². The third-order valence-corrected chi connectivity index (χ3v) is 2.97. The van der Waals surface area contributed by atoms with E-state index in [1.807, 2.05) is 30.1 Å². The predicted octanol–water partition coefficient (Wildman–Crippen LogP) is 0.879. The molecule has 0 aromatic carbocycles. The summed E-state index contributed by atoms with van der Waals surface area (Å²) < 4.78 is 10.5. The zero-order valence-electron chi connectivity index (χ0n) is 12.5. The van der Waals surface area contributed by atoms with Crippen LogP contribution < -0.4 is 10.2 Å². The van der Waals surface area contributed by atoms with Gasteiger partial charge < -0.3 is 19.4 Å². The number of anilines is 1. The maximum absolute atomic E-state index is 5.59. The lowest BCUT2D eigenvalue weighted by Crippen LogP contribution is -2.21. The van der Waals surface area contributed by atoms with Gasteiger partial charge in [-0.3, -0.25) is 4.98 Å². The molecular formula is C14H21N5O2. The lowest BCUT2D eigenvalue weighted by atomic mass is 10.2. The number of rotatable bonds is 9. The molecule has 7 heteroatoms. The number of pyridine rings is 1. The van der Waals surface area contributed by atoms with E-state index < -0.39 is 0 Å². The summed E-state index contributed by atoms with van der Waals surface area (Å²) in [6.45, 7) is 2.73. The summed E-state index contributed by atoms with van der Waals surface area (Å²) in [5.74, 6) is 0.575. The van der Waals surface area contributed by atoms with E-state index in [0.717, 1.165) is 25.2 Å². The van der Waals surface area contributed by atoms with E-state index in [1.165, 1.54) is 0 Å². The second kappa shape index (κ2) is 8.33. The number of ether oxygens (including phenoxy) is 1. The summed E-state index contributed by atoms with van der Waals surface area (Å²) in [5, 5.41) is 11.2. The second-order valence-electron chi connectivity index (χ2n) is 4.64. The van der Waals surface area contributed by atoms with Crippen molar-refractivity contribution in [3.63, 3.8) is 0 Å². The fourth-order valence-corrected chi connectivity index (χ4v) is 1.76. The van der Waals surface area contributed by atoms with Crippen LogP contribution in [0.5, 0.6) is 0 Å². The first-order chi connectivity index (χ1) is 10.3. The molecule has 2 aromatic heterocycles. The third-order valence-electron chi connectivity index (χ3n) is 2.97. The molecule has 0 saturated carbocycles. The monoisotopic (exact) mass is 291 g/mol. The highest BCUT2D eigenvalue weighted by molar-refractivity contribution is 5.22. The maximum Gasteiger partial charge on any atom is 0.317 e. The Bertz CT molecular complexity index is 517. The minimum Gasteiger partial charge on any atom is -0.407 e. The first kappa shape index (κ1) is 15.4. The van der Waals surface area contributed by atoms with Crippen LogP contribution in [0.3, 0.4) is 0 Å². The molecule has 0 fully saturated rings. The molecule has 0 spiro atoms. The van der Waals surface area contributed by atoms with Crippen LogP contribution in [0.4, 0.5) is 6.01 Å². The number of nitrogens with zero attached hydrogens (tertiary/aromatic N) is 4. The van der Waals surface area contributed by atoms with Gasteiger partial charge in [0.2, 0.25) is 5.89 Å². The highest BCUT2D eigenvalue weighted by Crippen LogP contribution is 2.10. The van der Waals surface area contributed by atoms with Gasteiger partial charge >= 0.3 is 6.01 Å². The first-order valence-electron chi connectivity index (χ1n) is 6.92. The fraction of sp³-hybridized carbons (Fsp3) is 0.500. The normalized spacial score (nSPS) is 10.8. The van der Waals surface area contributed by atoms with Crippen molar-refractivity contribution >= 4 is 6.01 Å². The van der Waals surface area contributed by atoms with Gasteiger partial charge in [-0.05, 0) is 12.1 Å². The van der Waals surface area contributed by atoms with Crippen LogP contribution in [-0.2, 0) is 17.7 Å². The van der Waals surface area contributed by atoms with Gasteiger partial charge in [0.05, 0.1) is 13.2 Å². The largest absolute Gasteiger partial charge is 0.407 e. The summed E-state index contributed by atoms with van der Waals surface area (Å²) in [4.78, 5) is 6.22. The van der Waals surface area contributed by atoms with Gasteiger partial charge in [0.15, 0.2) is 0 Å². The molecule has 0 saturated heterocycles. The average molecular weight is 291 g/mol. The molecular weight excluding hydrogens is 270 g/mol. The van der Waals surface area contributed by atoms with Gasteiger partial charge in [0.1, 0.15) is 0 Å². The summed E-state index contributed by atoms with van der Waals surface area (Å²) in [5.41, 5.74) is 1.05. The van der Waals surface area contributed by atoms with E-state index in [4.69, 9.17) is 9.15 Å². The maximum atomic E-state index is 5.59. The quantitative estimate of drug-likeness (QED) is 0.687. The highest BCUT2D eigenvalue weighted by Gasteiger charge is 2.10. The molecule has 0 aliphatic carbocycles. The fourth-order valence-electron chi connectivity index (χ4n) is 1.76. The van der Waals surface area contributed by atoms with Crippen molar-refractivity contribution in [1.82, 2.24) is 20.5 Å². The Morgan fingerprint density at radius 3 is 3.00 bits per heavy atom. The summed E-state index contributed by atoms with van der Waals surface area (Å²) >= 11 is 0. The lowest BCUT2D eigenvalue weighted by Gasteiger charge is -2.13. The minimum atomic E-state index is 0.523. The molecule has 0 aliphatic heterocycles. The summed E-state index contributed by atoms with van der Waals surface area (Å²) in [6, 6.07) is 6.43. The van der Waals surface area contributed by atoms with Crippen molar-refractivity contribution in [2.45, 2.75) is 13.0 Å². The van der Waals surface area contributed by atoms with Gasteiger partial charge in [-0.1, -0.05) is 11.2 Å². The molecule has 0 radical (unpaired) electrons. The van der Waals surface area contributed by atoms with Crippen molar-refractivity contribution in [2.24, 2.45) is 0 Å². The van der Waals surface area contributed by atoms with E-state index >= 15 is 0 Å². The molecule has 7 nitrogen and oxygen atoms in total. The Labute approximate surface area is 124 Å².